The Morgan fingerprint density at radius 1 is 1.11 bits per heavy atom. The third-order valence-electron chi connectivity index (χ3n) is 5.27. The molecular weight excluding hydrogens is 341 g/mol. The van der Waals surface area contributed by atoms with Crippen LogP contribution in [0, 0.1) is 5.82 Å². The van der Waals surface area contributed by atoms with Crippen LogP contribution in [0.2, 0.25) is 0 Å². The monoisotopic (exact) mass is 365 g/mol. The van der Waals surface area contributed by atoms with Crippen molar-refractivity contribution in [1.29, 1.82) is 0 Å². The minimum atomic E-state index is -0.209. The van der Waals surface area contributed by atoms with E-state index in [0.29, 0.717) is 18.2 Å². The number of hydrogen-bond acceptors (Lipinski definition) is 3. The molecule has 1 unspecified atom stereocenters. The van der Waals surface area contributed by atoms with Gasteiger partial charge in [-0.1, -0.05) is 24.3 Å². The van der Waals surface area contributed by atoms with E-state index >= 15 is 0 Å². The first-order valence-electron chi connectivity index (χ1n) is 9.42. The van der Waals surface area contributed by atoms with Crippen LogP contribution >= 0.6 is 0 Å². The Morgan fingerprint density at radius 2 is 2.00 bits per heavy atom. The lowest BCUT2D eigenvalue weighted by atomic mass is 9.90. The highest BCUT2D eigenvalue weighted by molar-refractivity contribution is 5.30. The van der Waals surface area contributed by atoms with Crippen LogP contribution in [0.25, 0.3) is 0 Å². The van der Waals surface area contributed by atoms with E-state index in [1.807, 2.05) is 30.7 Å². The highest BCUT2D eigenvalue weighted by atomic mass is 19.1. The number of phenolic OH excluding ortho intramolecular Hbond substituents is 1. The normalized spacial score (nSPS) is 17.9. The Hall–Kier alpha value is -2.66. The summed E-state index contributed by atoms with van der Waals surface area (Å²) in [5.74, 6) is 0.558. The number of hydrogen-bond donors (Lipinski definition) is 1. The van der Waals surface area contributed by atoms with Crippen molar-refractivity contribution in [3.05, 3.63) is 83.7 Å². The van der Waals surface area contributed by atoms with E-state index in [4.69, 9.17) is 0 Å². The van der Waals surface area contributed by atoms with E-state index < -0.39 is 0 Å². The molecule has 1 atom stereocenters. The molecule has 0 bridgehead atoms. The van der Waals surface area contributed by atoms with E-state index in [1.54, 1.807) is 18.2 Å². The fourth-order valence-corrected chi connectivity index (χ4v) is 3.93. The highest BCUT2D eigenvalue weighted by Crippen LogP contribution is 2.29. The molecule has 1 N–H and O–H groups in total. The van der Waals surface area contributed by atoms with Crippen LogP contribution in [-0.2, 0) is 13.1 Å². The van der Waals surface area contributed by atoms with Crippen LogP contribution in [0.1, 0.15) is 35.6 Å². The molecule has 0 saturated carbocycles. The Morgan fingerprint density at radius 3 is 2.85 bits per heavy atom. The molecule has 1 aliphatic rings. The second-order valence-electron chi connectivity index (χ2n) is 7.31. The highest BCUT2D eigenvalue weighted by Gasteiger charge is 2.22. The molecule has 0 aliphatic carbocycles. The summed E-state index contributed by atoms with van der Waals surface area (Å²) in [7, 11) is 0. The zero-order chi connectivity index (χ0) is 18.6. The van der Waals surface area contributed by atoms with Crippen LogP contribution in [-0.4, -0.2) is 32.6 Å². The molecule has 3 aromatic rings. The van der Waals surface area contributed by atoms with Crippen molar-refractivity contribution in [3.63, 3.8) is 0 Å². The number of piperidine rings is 1. The summed E-state index contributed by atoms with van der Waals surface area (Å²) in [5, 5.41) is 9.76. The summed E-state index contributed by atoms with van der Waals surface area (Å²) in [6.45, 7) is 3.47. The molecule has 140 valence electrons. The summed E-state index contributed by atoms with van der Waals surface area (Å²) in [4.78, 5) is 6.75. The van der Waals surface area contributed by atoms with Gasteiger partial charge in [-0.25, -0.2) is 9.37 Å². The first kappa shape index (κ1) is 17.7. The van der Waals surface area contributed by atoms with Crippen molar-refractivity contribution in [3.8, 4) is 5.75 Å². The Labute approximate surface area is 158 Å². The second kappa shape index (κ2) is 7.92. The minimum absolute atomic E-state index is 0.209. The van der Waals surface area contributed by atoms with Gasteiger partial charge >= 0.3 is 0 Å². The topological polar surface area (TPSA) is 41.3 Å². The van der Waals surface area contributed by atoms with Crippen LogP contribution < -0.4 is 0 Å². The number of benzene rings is 2. The molecule has 2 aromatic carbocycles. The number of nitrogens with zero attached hydrogens (tertiary/aromatic N) is 3. The number of phenols is 1. The molecule has 1 aromatic heterocycles. The average Bonchev–Trinajstić information content (AvgIpc) is 3.09. The number of aromatic nitrogens is 2. The van der Waals surface area contributed by atoms with Gasteiger partial charge in [0.25, 0.3) is 0 Å². The van der Waals surface area contributed by atoms with Gasteiger partial charge in [0.1, 0.15) is 11.6 Å². The van der Waals surface area contributed by atoms with E-state index in [2.05, 4.69) is 20.5 Å². The number of rotatable bonds is 5. The third-order valence-corrected chi connectivity index (χ3v) is 5.27. The van der Waals surface area contributed by atoms with Gasteiger partial charge in [0.15, 0.2) is 0 Å². The fourth-order valence-electron chi connectivity index (χ4n) is 3.93. The van der Waals surface area contributed by atoms with Crippen LogP contribution in [0.15, 0.2) is 61.1 Å². The Bertz CT molecular complexity index is 908. The van der Waals surface area contributed by atoms with Gasteiger partial charge in [-0.05, 0) is 60.7 Å². The molecule has 1 aliphatic heterocycles. The van der Waals surface area contributed by atoms with Gasteiger partial charge in [-0.15, -0.1) is 0 Å². The second-order valence-corrected chi connectivity index (χ2v) is 7.31. The number of aromatic hydroxyl groups is 1. The molecule has 27 heavy (non-hydrogen) atoms. The molecule has 4 nitrogen and oxygen atoms in total. The van der Waals surface area contributed by atoms with Gasteiger partial charge < -0.3 is 9.67 Å². The van der Waals surface area contributed by atoms with Gasteiger partial charge in [0.2, 0.25) is 0 Å². The molecule has 0 radical (unpaired) electrons. The summed E-state index contributed by atoms with van der Waals surface area (Å²) in [5.41, 5.74) is 3.27. The SMILES string of the molecule is Oc1cccc(C2CCCN(Cc3cncn3Cc3cccc(F)c3)C2)c1. The van der Waals surface area contributed by atoms with Crippen LogP contribution in [0.5, 0.6) is 5.75 Å². The third kappa shape index (κ3) is 4.37. The minimum Gasteiger partial charge on any atom is -0.508 e. The number of likely N-dealkylation sites (tertiary alicyclic amines) is 1. The molecule has 2 heterocycles. The predicted molar refractivity (Wildman–Crippen MR) is 103 cm³/mol. The molecule has 1 saturated heterocycles. The summed E-state index contributed by atoms with van der Waals surface area (Å²) in [6, 6.07) is 14.3. The van der Waals surface area contributed by atoms with Crippen LogP contribution in [0.4, 0.5) is 4.39 Å². The van der Waals surface area contributed by atoms with Crippen molar-refractivity contribution in [1.82, 2.24) is 14.5 Å². The smallest absolute Gasteiger partial charge is 0.123 e. The van der Waals surface area contributed by atoms with E-state index in [9.17, 15) is 9.50 Å². The number of halogens is 1. The standard InChI is InChI=1S/C22H24FN3O/c23-20-7-1-4-17(10-20)13-26-16-24-12-21(26)15-25-9-3-6-19(14-25)18-5-2-8-22(27)11-18/h1-2,4-5,7-8,10-12,16,19,27H,3,6,9,13-15H2. The van der Waals surface area contributed by atoms with Gasteiger partial charge in [-0.2, -0.15) is 0 Å². The lowest BCUT2D eigenvalue weighted by molar-refractivity contribution is 0.196. The molecule has 0 amide bonds. The lowest BCUT2D eigenvalue weighted by Gasteiger charge is -2.33. The zero-order valence-corrected chi connectivity index (χ0v) is 15.3. The van der Waals surface area contributed by atoms with Gasteiger partial charge in [0.05, 0.1) is 12.0 Å². The van der Waals surface area contributed by atoms with E-state index in [0.717, 1.165) is 43.7 Å². The fraction of sp³-hybridized carbons (Fsp3) is 0.318. The number of imidazole rings is 1. The molecule has 5 heteroatoms. The van der Waals surface area contributed by atoms with Crippen LogP contribution in [0.3, 0.4) is 0 Å². The van der Waals surface area contributed by atoms with Crippen molar-refractivity contribution in [2.24, 2.45) is 0 Å². The first-order chi connectivity index (χ1) is 13.2. The molecule has 1 fully saturated rings. The van der Waals surface area contributed by atoms with Crippen molar-refractivity contribution in [2.45, 2.75) is 31.8 Å². The Kier molecular flexibility index (Phi) is 5.21. The van der Waals surface area contributed by atoms with E-state index in [-0.39, 0.29) is 5.82 Å². The van der Waals surface area contributed by atoms with Crippen molar-refractivity contribution in [2.75, 3.05) is 13.1 Å². The summed E-state index contributed by atoms with van der Waals surface area (Å²) < 4.78 is 15.5. The Balaban J connectivity index is 1.44. The maximum absolute atomic E-state index is 13.5. The first-order valence-corrected chi connectivity index (χ1v) is 9.42. The average molecular weight is 365 g/mol. The lowest BCUT2D eigenvalue weighted by Crippen LogP contribution is -2.34. The molecule has 4 rings (SSSR count). The summed E-state index contributed by atoms with van der Waals surface area (Å²) in [6.07, 6.45) is 6.00. The van der Waals surface area contributed by atoms with E-state index in [1.165, 1.54) is 11.6 Å². The van der Waals surface area contributed by atoms with Crippen molar-refractivity contribution < 1.29 is 9.50 Å². The van der Waals surface area contributed by atoms with Gasteiger partial charge in [0, 0.05) is 25.8 Å². The molecular formula is C22H24FN3O. The largest absolute Gasteiger partial charge is 0.508 e. The zero-order valence-electron chi connectivity index (χ0n) is 15.3. The quantitative estimate of drug-likeness (QED) is 0.738. The van der Waals surface area contributed by atoms with Crippen molar-refractivity contribution >= 4 is 0 Å². The predicted octanol–water partition coefficient (Wildman–Crippen LogP) is 4.16. The maximum Gasteiger partial charge on any atom is 0.123 e. The maximum atomic E-state index is 13.5. The van der Waals surface area contributed by atoms with Gasteiger partial charge in [-0.3, -0.25) is 4.90 Å². The summed E-state index contributed by atoms with van der Waals surface area (Å²) >= 11 is 0. The molecule has 0 spiro atoms.